The molecule has 0 unspecified atom stereocenters. The summed E-state index contributed by atoms with van der Waals surface area (Å²) in [6.45, 7) is 4.81. The Morgan fingerprint density at radius 3 is 2.64 bits per heavy atom. The van der Waals surface area contributed by atoms with Crippen LogP contribution in [0.3, 0.4) is 0 Å². The lowest BCUT2D eigenvalue weighted by Gasteiger charge is -2.35. The second-order valence-electron chi connectivity index (χ2n) is 4.64. The van der Waals surface area contributed by atoms with E-state index in [1.807, 2.05) is 0 Å². The topological polar surface area (TPSA) is 38.3 Å². The van der Waals surface area contributed by atoms with E-state index in [1.54, 1.807) is 7.11 Å². The van der Waals surface area contributed by atoms with Gasteiger partial charge in [0.1, 0.15) is 6.73 Å². The summed E-state index contributed by atoms with van der Waals surface area (Å²) in [6.07, 6.45) is 3.38. The van der Waals surface area contributed by atoms with Crippen LogP contribution < -0.4 is 5.32 Å². The molecule has 1 fully saturated rings. The Morgan fingerprint density at radius 2 is 2.14 bits per heavy atom. The van der Waals surface area contributed by atoms with Crippen LogP contribution in [0.15, 0.2) is 0 Å². The first-order valence-corrected chi connectivity index (χ1v) is 5.40. The van der Waals surface area contributed by atoms with Gasteiger partial charge in [-0.2, -0.15) is 0 Å². The van der Waals surface area contributed by atoms with Crippen LogP contribution in [0.5, 0.6) is 0 Å². The fourth-order valence-electron chi connectivity index (χ4n) is 2.10. The quantitative estimate of drug-likeness (QED) is 0.685. The van der Waals surface area contributed by atoms with Gasteiger partial charge >= 0.3 is 0 Å². The van der Waals surface area contributed by atoms with Gasteiger partial charge in [-0.25, -0.2) is 0 Å². The molecule has 3 nitrogen and oxygen atoms in total. The number of hydrogen-bond acceptors (Lipinski definition) is 2. The highest BCUT2D eigenvalue weighted by Gasteiger charge is 2.34. The normalized spacial score (nSPS) is 26.0. The SMILES string of the molecule is COCNC(=O)C1CC(CC(C)C)C1. The van der Waals surface area contributed by atoms with E-state index in [-0.39, 0.29) is 11.8 Å². The summed E-state index contributed by atoms with van der Waals surface area (Å²) in [4.78, 5) is 11.4. The second kappa shape index (κ2) is 5.35. The van der Waals surface area contributed by atoms with Crippen molar-refractivity contribution in [2.75, 3.05) is 13.8 Å². The van der Waals surface area contributed by atoms with Gasteiger partial charge in [-0.05, 0) is 31.1 Å². The highest BCUT2D eigenvalue weighted by Crippen LogP contribution is 2.37. The Balaban J connectivity index is 2.11. The van der Waals surface area contributed by atoms with Crippen LogP contribution in [0, 0.1) is 17.8 Å². The summed E-state index contributed by atoms with van der Waals surface area (Å²) < 4.78 is 4.79. The predicted molar refractivity (Wildman–Crippen MR) is 55.7 cm³/mol. The molecule has 1 aliphatic rings. The summed E-state index contributed by atoms with van der Waals surface area (Å²) in [7, 11) is 1.59. The van der Waals surface area contributed by atoms with Crippen molar-refractivity contribution in [3.05, 3.63) is 0 Å². The Labute approximate surface area is 86.2 Å². The van der Waals surface area contributed by atoms with Crippen LogP contribution in [-0.2, 0) is 9.53 Å². The zero-order valence-electron chi connectivity index (χ0n) is 9.38. The minimum absolute atomic E-state index is 0.159. The second-order valence-corrected chi connectivity index (χ2v) is 4.64. The average molecular weight is 199 g/mol. The number of hydrogen-bond donors (Lipinski definition) is 1. The van der Waals surface area contributed by atoms with Crippen molar-refractivity contribution in [3.63, 3.8) is 0 Å². The minimum Gasteiger partial charge on any atom is -0.364 e. The van der Waals surface area contributed by atoms with E-state index in [2.05, 4.69) is 19.2 Å². The van der Waals surface area contributed by atoms with Crippen molar-refractivity contribution >= 4 is 5.91 Å². The predicted octanol–water partition coefficient (Wildman–Crippen LogP) is 1.78. The van der Waals surface area contributed by atoms with Gasteiger partial charge < -0.3 is 10.1 Å². The minimum atomic E-state index is 0.159. The molecule has 82 valence electrons. The summed E-state index contributed by atoms with van der Waals surface area (Å²) in [6, 6.07) is 0. The molecule has 0 aromatic heterocycles. The lowest BCUT2D eigenvalue weighted by molar-refractivity contribution is -0.130. The maximum atomic E-state index is 11.4. The summed E-state index contributed by atoms with van der Waals surface area (Å²) >= 11 is 0. The van der Waals surface area contributed by atoms with Gasteiger partial charge in [0.25, 0.3) is 0 Å². The van der Waals surface area contributed by atoms with Gasteiger partial charge in [0.15, 0.2) is 0 Å². The number of methoxy groups -OCH3 is 1. The molecule has 0 saturated heterocycles. The molecule has 1 rings (SSSR count). The number of carbonyl (C=O) groups is 1. The monoisotopic (exact) mass is 199 g/mol. The van der Waals surface area contributed by atoms with Crippen molar-refractivity contribution < 1.29 is 9.53 Å². The molecule has 0 aromatic carbocycles. The Bertz CT molecular complexity index is 186. The van der Waals surface area contributed by atoms with Gasteiger partial charge in [-0.3, -0.25) is 4.79 Å². The fraction of sp³-hybridized carbons (Fsp3) is 0.909. The fourth-order valence-corrected chi connectivity index (χ4v) is 2.10. The van der Waals surface area contributed by atoms with Gasteiger partial charge in [0.05, 0.1) is 0 Å². The van der Waals surface area contributed by atoms with E-state index >= 15 is 0 Å². The first kappa shape index (κ1) is 11.5. The van der Waals surface area contributed by atoms with Crippen LogP contribution in [0.1, 0.15) is 33.1 Å². The molecule has 14 heavy (non-hydrogen) atoms. The number of carbonyl (C=O) groups excluding carboxylic acids is 1. The van der Waals surface area contributed by atoms with Gasteiger partial charge in [0, 0.05) is 13.0 Å². The van der Waals surface area contributed by atoms with Crippen LogP contribution in [0.25, 0.3) is 0 Å². The molecular formula is C11H21NO2. The van der Waals surface area contributed by atoms with Crippen LogP contribution in [0.4, 0.5) is 0 Å². The zero-order valence-corrected chi connectivity index (χ0v) is 9.38. The van der Waals surface area contributed by atoms with E-state index in [0.717, 1.165) is 24.7 Å². The number of rotatable bonds is 5. The zero-order chi connectivity index (χ0) is 10.6. The van der Waals surface area contributed by atoms with Gasteiger partial charge in [0.2, 0.25) is 5.91 Å². The molecule has 0 aromatic rings. The number of nitrogens with one attached hydrogen (secondary N) is 1. The molecule has 0 heterocycles. The van der Waals surface area contributed by atoms with E-state index in [1.165, 1.54) is 6.42 Å². The van der Waals surface area contributed by atoms with E-state index in [9.17, 15) is 4.79 Å². The van der Waals surface area contributed by atoms with Gasteiger partial charge in [-0.1, -0.05) is 13.8 Å². The van der Waals surface area contributed by atoms with Crippen LogP contribution >= 0.6 is 0 Å². The Morgan fingerprint density at radius 1 is 1.50 bits per heavy atom. The van der Waals surface area contributed by atoms with Crippen molar-refractivity contribution in [1.82, 2.24) is 5.32 Å². The average Bonchev–Trinajstić information content (AvgIpc) is 2.06. The molecule has 0 radical (unpaired) electrons. The van der Waals surface area contributed by atoms with E-state index < -0.39 is 0 Å². The first-order chi connectivity index (χ1) is 6.63. The molecule has 1 amide bonds. The smallest absolute Gasteiger partial charge is 0.224 e. The Kier molecular flexibility index (Phi) is 4.39. The standard InChI is InChI=1S/C11H21NO2/c1-8(2)4-9-5-10(6-9)11(13)12-7-14-3/h8-10H,4-7H2,1-3H3,(H,12,13). The lowest BCUT2D eigenvalue weighted by atomic mass is 9.71. The lowest BCUT2D eigenvalue weighted by Crippen LogP contribution is -2.39. The molecule has 1 N–H and O–H groups in total. The van der Waals surface area contributed by atoms with E-state index in [0.29, 0.717) is 6.73 Å². The first-order valence-electron chi connectivity index (χ1n) is 5.40. The van der Waals surface area contributed by atoms with Gasteiger partial charge in [-0.15, -0.1) is 0 Å². The van der Waals surface area contributed by atoms with Crippen molar-refractivity contribution in [2.45, 2.75) is 33.1 Å². The maximum Gasteiger partial charge on any atom is 0.224 e. The van der Waals surface area contributed by atoms with Crippen molar-refractivity contribution in [3.8, 4) is 0 Å². The van der Waals surface area contributed by atoms with E-state index in [4.69, 9.17) is 4.74 Å². The molecule has 3 heteroatoms. The largest absolute Gasteiger partial charge is 0.364 e. The molecule has 0 spiro atoms. The molecule has 0 aliphatic heterocycles. The van der Waals surface area contributed by atoms with Crippen LogP contribution in [-0.4, -0.2) is 19.7 Å². The third-order valence-corrected chi connectivity index (χ3v) is 2.80. The summed E-state index contributed by atoms with van der Waals surface area (Å²) in [5.41, 5.74) is 0. The molecule has 1 saturated carbocycles. The number of ether oxygens (including phenoxy) is 1. The summed E-state index contributed by atoms with van der Waals surface area (Å²) in [5, 5.41) is 2.75. The third kappa shape index (κ3) is 3.29. The molecule has 0 bridgehead atoms. The third-order valence-electron chi connectivity index (χ3n) is 2.80. The van der Waals surface area contributed by atoms with Crippen molar-refractivity contribution in [2.24, 2.45) is 17.8 Å². The molecular weight excluding hydrogens is 178 g/mol. The number of amides is 1. The van der Waals surface area contributed by atoms with Crippen molar-refractivity contribution in [1.29, 1.82) is 0 Å². The highest BCUT2D eigenvalue weighted by atomic mass is 16.5. The molecule has 1 aliphatic carbocycles. The Hall–Kier alpha value is -0.570. The summed E-state index contributed by atoms with van der Waals surface area (Å²) in [5.74, 6) is 1.93. The maximum absolute atomic E-state index is 11.4. The highest BCUT2D eigenvalue weighted by molar-refractivity contribution is 5.79. The molecule has 0 atom stereocenters. The van der Waals surface area contributed by atoms with Crippen LogP contribution in [0.2, 0.25) is 0 Å².